The van der Waals surface area contributed by atoms with Crippen molar-refractivity contribution in [1.82, 2.24) is 20.4 Å². The number of unbranched alkanes of at least 4 members (excludes halogenated alkanes) is 1. The maximum absolute atomic E-state index is 12.9. The molecule has 5 rings (SSSR count). The minimum absolute atomic E-state index is 0.00442. The van der Waals surface area contributed by atoms with Crippen LogP contribution in [0.5, 0.6) is 5.75 Å². The molecule has 0 unspecified atom stereocenters. The molecule has 2 heterocycles. The Labute approximate surface area is 211 Å². The Balaban J connectivity index is 1.23. The third-order valence-corrected chi connectivity index (χ3v) is 5.71. The number of nitrogens with one attached hydrogen (secondary N) is 1. The molecule has 3 aromatic carbocycles. The summed E-state index contributed by atoms with van der Waals surface area (Å²) in [4.78, 5) is 25.8. The molecule has 0 aliphatic carbocycles. The highest BCUT2D eigenvalue weighted by atomic mass is 16.5. The van der Waals surface area contributed by atoms with Gasteiger partial charge in [-0.1, -0.05) is 41.5 Å². The van der Waals surface area contributed by atoms with Gasteiger partial charge in [0.2, 0.25) is 5.82 Å². The zero-order chi connectivity index (χ0) is 25.6. The maximum atomic E-state index is 12.9. The summed E-state index contributed by atoms with van der Waals surface area (Å²) < 4.78 is 11.6. The zero-order valence-electron chi connectivity index (χ0n) is 19.7. The Kier molecular flexibility index (Phi) is 6.89. The molecule has 10 heteroatoms. The van der Waals surface area contributed by atoms with Crippen LogP contribution in [0, 0.1) is 0 Å². The van der Waals surface area contributed by atoms with Crippen molar-refractivity contribution >= 4 is 22.6 Å². The fourth-order valence-electron chi connectivity index (χ4n) is 3.85. The first-order chi connectivity index (χ1) is 18.1. The first-order valence-corrected chi connectivity index (χ1v) is 11.7. The van der Waals surface area contributed by atoms with Crippen molar-refractivity contribution in [3.05, 3.63) is 100 Å². The Morgan fingerprint density at radius 2 is 1.81 bits per heavy atom. The Morgan fingerprint density at radius 1 is 1.00 bits per heavy atom. The summed E-state index contributed by atoms with van der Waals surface area (Å²) in [6.45, 7) is 0.592. The number of aromatic nitrogens is 4. The van der Waals surface area contributed by atoms with Crippen molar-refractivity contribution in [2.24, 2.45) is 0 Å². The van der Waals surface area contributed by atoms with Gasteiger partial charge < -0.3 is 19.7 Å². The van der Waals surface area contributed by atoms with Crippen LogP contribution in [0.1, 0.15) is 28.8 Å². The molecule has 0 aliphatic rings. The van der Waals surface area contributed by atoms with Gasteiger partial charge in [-0.15, -0.1) is 5.10 Å². The summed E-state index contributed by atoms with van der Waals surface area (Å²) in [5, 5.41) is 22.9. The fraction of sp³-hybridized carbons (Fsp3) is 0.148. The van der Waals surface area contributed by atoms with E-state index in [1.807, 2.05) is 18.2 Å². The molecule has 0 atom stereocenters. The van der Waals surface area contributed by atoms with Gasteiger partial charge in [-0.2, -0.15) is 0 Å². The monoisotopic (exact) mass is 497 g/mol. The highest BCUT2D eigenvalue weighted by Gasteiger charge is 2.16. The molecule has 186 valence electrons. The van der Waals surface area contributed by atoms with E-state index in [-0.39, 0.29) is 38.8 Å². The van der Waals surface area contributed by atoms with E-state index in [2.05, 4.69) is 32.9 Å². The van der Waals surface area contributed by atoms with Crippen LogP contribution >= 0.6 is 0 Å². The van der Waals surface area contributed by atoms with Crippen LogP contribution in [0.2, 0.25) is 0 Å². The minimum atomic E-state index is -0.380. The van der Waals surface area contributed by atoms with E-state index in [0.717, 1.165) is 19.3 Å². The Bertz CT molecular complexity index is 1580. The minimum Gasteiger partial charge on any atom is -0.494 e. The highest BCUT2D eigenvalue weighted by molar-refractivity contribution is 6.08. The molecule has 0 aliphatic heterocycles. The normalized spacial score (nSPS) is 10.9. The number of benzene rings is 3. The van der Waals surface area contributed by atoms with Crippen LogP contribution in [-0.2, 0) is 6.42 Å². The van der Waals surface area contributed by atoms with Crippen molar-refractivity contribution in [3.63, 3.8) is 0 Å². The highest BCUT2D eigenvalue weighted by Crippen LogP contribution is 2.26. The van der Waals surface area contributed by atoms with Gasteiger partial charge in [-0.3, -0.25) is 9.59 Å². The van der Waals surface area contributed by atoms with Crippen molar-refractivity contribution in [2.45, 2.75) is 19.3 Å². The van der Waals surface area contributed by atoms with Crippen LogP contribution in [0.3, 0.4) is 0 Å². The number of hydrogen-bond acceptors (Lipinski definition) is 8. The summed E-state index contributed by atoms with van der Waals surface area (Å²) in [6, 6.07) is 23.2. The number of aryl methyl sites for hydroxylation is 1. The molecule has 0 spiro atoms. The number of tetrazole rings is 1. The van der Waals surface area contributed by atoms with Gasteiger partial charge in [-0.05, 0) is 66.4 Å². The molecule has 0 saturated heterocycles. The molecule has 0 radical (unpaired) electrons. The van der Waals surface area contributed by atoms with Crippen molar-refractivity contribution in [1.29, 1.82) is 0 Å². The molecule has 0 bridgehead atoms. The summed E-state index contributed by atoms with van der Waals surface area (Å²) in [5.41, 5.74) is 1.83. The van der Waals surface area contributed by atoms with Crippen LogP contribution in [0.15, 0.2) is 88.1 Å². The molecule has 1 amide bonds. The maximum Gasteiger partial charge on any atom is 0.255 e. The first-order valence-electron chi connectivity index (χ1n) is 11.7. The topological polar surface area (TPSA) is 132 Å². The molecule has 5 aromatic rings. The molecular formula is C27H23N5O5. The lowest BCUT2D eigenvalue weighted by Gasteiger charge is -2.10. The molecular weight excluding hydrogens is 474 g/mol. The quantitative estimate of drug-likeness (QED) is 0.227. The van der Waals surface area contributed by atoms with E-state index in [9.17, 15) is 14.8 Å². The number of fused-ring (bicyclic) bond motifs is 1. The van der Waals surface area contributed by atoms with E-state index >= 15 is 0 Å². The predicted molar refractivity (Wildman–Crippen MR) is 136 cm³/mol. The molecule has 0 saturated carbocycles. The largest absolute Gasteiger partial charge is 0.494 e. The number of hydrogen-bond donors (Lipinski definition) is 2. The number of anilines is 1. The van der Waals surface area contributed by atoms with Crippen LogP contribution in [0.4, 0.5) is 5.69 Å². The third-order valence-electron chi connectivity index (χ3n) is 5.71. The van der Waals surface area contributed by atoms with Crippen molar-refractivity contribution in [3.8, 4) is 17.3 Å². The van der Waals surface area contributed by atoms with E-state index in [1.54, 1.807) is 42.5 Å². The van der Waals surface area contributed by atoms with E-state index in [1.165, 1.54) is 11.6 Å². The molecule has 0 fully saturated rings. The van der Waals surface area contributed by atoms with Crippen molar-refractivity contribution in [2.75, 3.05) is 11.9 Å². The number of para-hydroxylation sites is 1. The lowest BCUT2D eigenvalue weighted by molar-refractivity contribution is 0.102. The second-order valence-electron chi connectivity index (χ2n) is 8.31. The summed E-state index contributed by atoms with van der Waals surface area (Å²) in [6.07, 6.45) is 2.97. The summed E-state index contributed by atoms with van der Waals surface area (Å²) in [5.74, 6) is 0.235. The standard InChI is InChI=1S/C27H23N5O5/c33-23-17-24(26-29-31-32(35)30-26)37-25-21(23)10-6-11-22(25)28-27(34)19-12-14-20(15-13-19)36-16-5-4-9-18-7-2-1-3-8-18/h1-3,6-8,10-15,17,35H,4-5,9,16H2,(H,28,34). The van der Waals surface area contributed by atoms with Gasteiger partial charge in [0, 0.05) is 16.6 Å². The van der Waals surface area contributed by atoms with Gasteiger partial charge in [0.05, 0.1) is 17.7 Å². The number of carbonyl (C=O) groups is 1. The molecule has 2 aromatic heterocycles. The molecule has 2 N–H and O–H groups in total. The SMILES string of the molecule is O=C(Nc1cccc2c(=O)cc(-c3nnn(O)n3)oc12)c1ccc(OCCCCc2ccccc2)cc1. The number of ether oxygens (including phenoxy) is 1. The van der Waals surface area contributed by atoms with Gasteiger partial charge in [0.15, 0.2) is 16.8 Å². The van der Waals surface area contributed by atoms with Gasteiger partial charge in [0.1, 0.15) is 5.75 Å². The number of rotatable bonds is 9. The van der Waals surface area contributed by atoms with Gasteiger partial charge >= 0.3 is 0 Å². The first kappa shape index (κ1) is 23.7. The van der Waals surface area contributed by atoms with E-state index in [0.29, 0.717) is 23.6 Å². The summed E-state index contributed by atoms with van der Waals surface area (Å²) in [7, 11) is 0. The van der Waals surface area contributed by atoms with Crippen LogP contribution < -0.4 is 15.5 Å². The predicted octanol–water partition coefficient (Wildman–Crippen LogP) is 4.34. The Hall–Kier alpha value is -4.99. The second-order valence-corrected chi connectivity index (χ2v) is 8.31. The van der Waals surface area contributed by atoms with Gasteiger partial charge in [-0.25, -0.2) is 0 Å². The zero-order valence-corrected chi connectivity index (χ0v) is 19.7. The third kappa shape index (κ3) is 5.64. The van der Waals surface area contributed by atoms with E-state index < -0.39 is 0 Å². The fourth-order valence-corrected chi connectivity index (χ4v) is 3.85. The number of nitrogens with zero attached hydrogens (tertiary/aromatic N) is 4. The van der Waals surface area contributed by atoms with Crippen LogP contribution in [-0.4, -0.2) is 38.1 Å². The second kappa shape index (κ2) is 10.7. The average Bonchev–Trinajstić information content (AvgIpc) is 3.36. The smallest absolute Gasteiger partial charge is 0.255 e. The van der Waals surface area contributed by atoms with E-state index in [4.69, 9.17) is 9.15 Å². The van der Waals surface area contributed by atoms with Crippen LogP contribution in [0.25, 0.3) is 22.6 Å². The lowest BCUT2D eigenvalue weighted by Crippen LogP contribution is -2.13. The lowest BCUT2D eigenvalue weighted by atomic mass is 10.1. The van der Waals surface area contributed by atoms with Crippen molar-refractivity contribution < 1.29 is 19.2 Å². The molecule has 10 nitrogen and oxygen atoms in total. The number of carbonyl (C=O) groups excluding carboxylic acids is 1. The Morgan fingerprint density at radius 3 is 2.57 bits per heavy atom. The number of amides is 1. The summed E-state index contributed by atoms with van der Waals surface area (Å²) >= 11 is 0. The van der Waals surface area contributed by atoms with Gasteiger partial charge in [0.25, 0.3) is 5.91 Å². The molecule has 37 heavy (non-hydrogen) atoms. The average molecular weight is 498 g/mol.